The molecule has 0 bridgehead atoms. The van der Waals surface area contributed by atoms with Crippen LogP contribution in [0.25, 0.3) is 0 Å². The molecule has 3 heteroatoms. The van der Waals surface area contributed by atoms with Crippen molar-refractivity contribution in [1.29, 1.82) is 0 Å². The maximum absolute atomic E-state index is 11.7. The zero-order chi connectivity index (χ0) is 11.3. The molecule has 15 heavy (non-hydrogen) atoms. The second kappa shape index (κ2) is 5.89. The molecule has 0 N–H and O–H groups in total. The molecule has 0 aromatic carbocycles. The molecule has 1 rings (SSSR count). The van der Waals surface area contributed by atoms with Gasteiger partial charge in [-0.15, -0.1) is 0 Å². The molecule has 1 amide bonds. The molecule has 1 saturated heterocycles. The third-order valence-corrected chi connectivity index (χ3v) is 3.15. The van der Waals surface area contributed by atoms with Gasteiger partial charge in [0, 0.05) is 32.4 Å². The third-order valence-electron chi connectivity index (χ3n) is 3.15. The van der Waals surface area contributed by atoms with Gasteiger partial charge in [0.25, 0.3) is 0 Å². The third kappa shape index (κ3) is 4.02. The lowest BCUT2D eigenvalue weighted by molar-refractivity contribution is -0.134. The summed E-state index contributed by atoms with van der Waals surface area (Å²) in [6.45, 7) is 5.82. The van der Waals surface area contributed by atoms with Crippen molar-refractivity contribution in [2.75, 3.05) is 13.1 Å². The first-order valence-electron chi connectivity index (χ1n) is 5.93. The van der Waals surface area contributed by atoms with Crippen LogP contribution in [0, 0.1) is 5.92 Å². The van der Waals surface area contributed by atoms with E-state index in [2.05, 4.69) is 6.92 Å². The van der Waals surface area contributed by atoms with Crippen molar-refractivity contribution in [3.05, 3.63) is 0 Å². The minimum Gasteiger partial charge on any atom is -0.343 e. The number of likely N-dealkylation sites (tertiary alicyclic amines) is 1. The molecule has 0 radical (unpaired) electrons. The molecule has 86 valence electrons. The average Bonchev–Trinajstić information content (AvgIpc) is 2.26. The highest BCUT2D eigenvalue weighted by Crippen LogP contribution is 2.16. The standard InChI is InChI=1S/C12H21NO2/c1-3-11(14)4-5-12(15)13-8-6-10(2)7-9-13/h10H,3-9H2,1-2H3. The molecule has 0 aromatic rings. The Balaban J connectivity index is 2.25. The first-order chi connectivity index (χ1) is 7.13. The molecule has 1 aliphatic heterocycles. The summed E-state index contributed by atoms with van der Waals surface area (Å²) >= 11 is 0. The lowest BCUT2D eigenvalue weighted by Gasteiger charge is -2.30. The number of hydrogen-bond acceptors (Lipinski definition) is 2. The summed E-state index contributed by atoms with van der Waals surface area (Å²) < 4.78 is 0. The number of hydrogen-bond donors (Lipinski definition) is 0. The van der Waals surface area contributed by atoms with E-state index in [0.29, 0.717) is 19.3 Å². The van der Waals surface area contributed by atoms with Crippen molar-refractivity contribution in [1.82, 2.24) is 4.90 Å². The number of carbonyl (C=O) groups excluding carboxylic acids is 2. The van der Waals surface area contributed by atoms with E-state index < -0.39 is 0 Å². The Hall–Kier alpha value is -0.860. The van der Waals surface area contributed by atoms with Crippen molar-refractivity contribution in [3.8, 4) is 0 Å². The van der Waals surface area contributed by atoms with Crippen LogP contribution >= 0.6 is 0 Å². The molecule has 0 aromatic heterocycles. The van der Waals surface area contributed by atoms with Crippen molar-refractivity contribution in [2.24, 2.45) is 5.92 Å². The summed E-state index contributed by atoms with van der Waals surface area (Å²) in [7, 11) is 0. The van der Waals surface area contributed by atoms with E-state index in [9.17, 15) is 9.59 Å². The van der Waals surface area contributed by atoms with E-state index in [0.717, 1.165) is 31.8 Å². The first kappa shape index (κ1) is 12.2. The average molecular weight is 211 g/mol. The highest BCUT2D eigenvalue weighted by molar-refractivity contribution is 5.84. The van der Waals surface area contributed by atoms with Crippen LogP contribution in [-0.2, 0) is 9.59 Å². The molecule has 3 nitrogen and oxygen atoms in total. The van der Waals surface area contributed by atoms with Gasteiger partial charge < -0.3 is 4.90 Å². The quantitative estimate of drug-likeness (QED) is 0.713. The van der Waals surface area contributed by atoms with Crippen molar-refractivity contribution < 1.29 is 9.59 Å². The monoisotopic (exact) mass is 211 g/mol. The molecule has 0 saturated carbocycles. The van der Waals surface area contributed by atoms with Crippen LogP contribution in [0.4, 0.5) is 0 Å². The lowest BCUT2D eigenvalue weighted by atomic mass is 9.99. The highest BCUT2D eigenvalue weighted by atomic mass is 16.2. The molecule has 0 unspecified atom stereocenters. The molecule has 0 aliphatic carbocycles. The fourth-order valence-corrected chi connectivity index (χ4v) is 1.84. The molecule has 1 aliphatic rings. The lowest BCUT2D eigenvalue weighted by Crippen LogP contribution is -2.37. The van der Waals surface area contributed by atoms with Crippen molar-refractivity contribution in [3.63, 3.8) is 0 Å². The van der Waals surface area contributed by atoms with Crippen LogP contribution in [0.5, 0.6) is 0 Å². The minimum atomic E-state index is 0.156. The Morgan fingerprint density at radius 1 is 1.20 bits per heavy atom. The Morgan fingerprint density at radius 2 is 1.80 bits per heavy atom. The Bertz CT molecular complexity index is 230. The Labute approximate surface area is 91.8 Å². The molecule has 0 atom stereocenters. The minimum absolute atomic E-state index is 0.156. The topological polar surface area (TPSA) is 37.4 Å². The summed E-state index contributed by atoms with van der Waals surface area (Å²) in [5.41, 5.74) is 0. The number of rotatable bonds is 4. The predicted octanol–water partition coefficient (Wildman–Crippen LogP) is 2.00. The van der Waals surface area contributed by atoms with Gasteiger partial charge in [-0.1, -0.05) is 13.8 Å². The normalized spacial score (nSPS) is 17.9. The summed E-state index contributed by atoms with van der Waals surface area (Å²) in [6.07, 6.45) is 3.58. The molecule has 1 heterocycles. The van der Waals surface area contributed by atoms with Gasteiger partial charge in [-0.25, -0.2) is 0 Å². The highest BCUT2D eigenvalue weighted by Gasteiger charge is 2.20. The number of ketones is 1. The van der Waals surface area contributed by atoms with Gasteiger partial charge in [0.05, 0.1) is 0 Å². The van der Waals surface area contributed by atoms with Gasteiger partial charge in [0.1, 0.15) is 5.78 Å². The van der Waals surface area contributed by atoms with Gasteiger partial charge in [-0.2, -0.15) is 0 Å². The van der Waals surface area contributed by atoms with Crippen molar-refractivity contribution in [2.45, 2.75) is 46.0 Å². The van der Waals surface area contributed by atoms with Gasteiger partial charge in [0.2, 0.25) is 5.91 Å². The summed E-state index contributed by atoms with van der Waals surface area (Å²) in [4.78, 5) is 24.7. The molecule has 0 spiro atoms. The number of piperidine rings is 1. The van der Waals surface area contributed by atoms with Crippen LogP contribution in [0.3, 0.4) is 0 Å². The number of Topliss-reactive ketones (excluding diaryl/α,β-unsaturated/α-hetero) is 1. The van der Waals surface area contributed by atoms with E-state index in [1.165, 1.54) is 0 Å². The van der Waals surface area contributed by atoms with Crippen LogP contribution in [-0.4, -0.2) is 29.7 Å². The number of carbonyl (C=O) groups is 2. The van der Waals surface area contributed by atoms with Gasteiger partial charge in [-0.3, -0.25) is 9.59 Å². The zero-order valence-corrected chi connectivity index (χ0v) is 9.79. The summed E-state index contributed by atoms with van der Waals surface area (Å²) in [6, 6.07) is 0. The maximum Gasteiger partial charge on any atom is 0.223 e. The van der Waals surface area contributed by atoms with E-state index in [1.54, 1.807) is 0 Å². The smallest absolute Gasteiger partial charge is 0.223 e. The van der Waals surface area contributed by atoms with Crippen LogP contribution in [0.2, 0.25) is 0 Å². The largest absolute Gasteiger partial charge is 0.343 e. The Kier molecular flexibility index (Phi) is 4.79. The predicted molar refractivity (Wildman–Crippen MR) is 59.5 cm³/mol. The van der Waals surface area contributed by atoms with E-state index in [1.807, 2.05) is 11.8 Å². The molecular weight excluding hydrogens is 190 g/mol. The van der Waals surface area contributed by atoms with E-state index in [4.69, 9.17) is 0 Å². The first-order valence-corrected chi connectivity index (χ1v) is 5.93. The second-order valence-corrected chi connectivity index (χ2v) is 4.46. The van der Waals surface area contributed by atoms with E-state index >= 15 is 0 Å². The zero-order valence-electron chi connectivity index (χ0n) is 9.79. The maximum atomic E-state index is 11.7. The van der Waals surface area contributed by atoms with Crippen LogP contribution in [0.15, 0.2) is 0 Å². The second-order valence-electron chi connectivity index (χ2n) is 4.46. The fourth-order valence-electron chi connectivity index (χ4n) is 1.84. The van der Waals surface area contributed by atoms with Crippen LogP contribution in [0.1, 0.15) is 46.0 Å². The van der Waals surface area contributed by atoms with Gasteiger partial charge in [0.15, 0.2) is 0 Å². The van der Waals surface area contributed by atoms with Gasteiger partial charge in [-0.05, 0) is 18.8 Å². The number of amides is 1. The fraction of sp³-hybridized carbons (Fsp3) is 0.833. The van der Waals surface area contributed by atoms with Gasteiger partial charge >= 0.3 is 0 Å². The SMILES string of the molecule is CCC(=O)CCC(=O)N1CCC(C)CC1. The van der Waals surface area contributed by atoms with E-state index in [-0.39, 0.29) is 11.7 Å². The summed E-state index contributed by atoms with van der Waals surface area (Å²) in [5, 5.41) is 0. The number of nitrogens with zero attached hydrogens (tertiary/aromatic N) is 1. The van der Waals surface area contributed by atoms with Crippen molar-refractivity contribution >= 4 is 11.7 Å². The molecular formula is C12H21NO2. The van der Waals surface area contributed by atoms with Crippen LogP contribution < -0.4 is 0 Å². The Morgan fingerprint density at radius 3 is 2.33 bits per heavy atom. The summed E-state index contributed by atoms with van der Waals surface area (Å²) in [5.74, 6) is 1.09. The molecule has 1 fully saturated rings.